The lowest BCUT2D eigenvalue weighted by Gasteiger charge is -2.08. The van der Waals surface area contributed by atoms with Crippen LogP contribution in [-0.2, 0) is 16.6 Å². The number of aryl methyl sites for hydroxylation is 2. The molecule has 9 heteroatoms. The van der Waals surface area contributed by atoms with Crippen LogP contribution >= 0.6 is 0 Å². The molecule has 0 aromatic carbocycles. The largest absolute Gasteiger partial charge is 0.360 e. The molecule has 3 aromatic heterocycles. The molecule has 1 aliphatic rings. The van der Waals surface area contributed by atoms with Gasteiger partial charge in [0.25, 0.3) is 0 Å². The summed E-state index contributed by atoms with van der Waals surface area (Å²) < 4.78 is 34.7. The molecule has 126 valence electrons. The maximum Gasteiger partial charge on any atom is 0.246 e. The smallest absolute Gasteiger partial charge is 0.246 e. The highest BCUT2D eigenvalue weighted by molar-refractivity contribution is 7.89. The van der Waals surface area contributed by atoms with Gasteiger partial charge < -0.3 is 9.09 Å². The van der Waals surface area contributed by atoms with Crippen LogP contribution in [0.25, 0.3) is 11.2 Å². The van der Waals surface area contributed by atoms with Crippen molar-refractivity contribution >= 4 is 21.2 Å². The lowest BCUT2D eigenvalue weighted by Crippen LogP contribution is -2.26. The van der Waals surface area contributed by atoms with Gasteiger partial charge in [0, 0.05) is 12.2 Å². The molecule has 0 bridgehead atoms. The van der Waals surface area contributed by atoms with E-state index in [-0.39, 0.29) is 17.2 Å². The molecule has 24 heavy (non-hydrogen) atoms. The van der Waals surface area contributed by atoms with E-state index in [1.54, 1.807) is 20.0 Å². The normalized spacial score (nSPS) is 15.2. The van der Waals surface area contributed by atoms with Crippen molar-refractivity contribution in [3.05, 3.63) is 35.6 Å². The highest BCUT2D eigenvalue weighted by Gasteiger charge is 2.30. The highest BCUT2D eigenvalue weighted by Crippen LogP contribution is 2.38. The Morgan fingerprint density at radius 3 is 2.83 bits per heavy atom. The lowest BCUT2D eigenvalue weighted by atomic mass is 10.4. The number of imidazole rings is 1. The van der Waals surface area contributed by atoms with E-state index in [4.69, 9.17) is 4.52 Å². The van der Waals surface area contributed by atoms with Crippen molar-refractivity contribution in [3.63, 3.8) is 0 Å². The van der Waals surface area contributed by atoms with Crippen molar-refractivity contribution in [2.75, 3.05) is 0 Å². The summed E-state index contributed by atoms with van der Waals surface area (Å²) in [4.78, 5) is 9.01. The Balaban J connectivity index is 1.67. The zero-order valence-electron chi connectivity index (χ0n) is 13.4. The van der Waals surface area contributed by atoms with Crippen molar-refractivity contribution in [3.8, 4) is 0 Å². The van der Waals surface area contributed by atoms with Gasteiger partial charge in [-0.25, -0.2) is 23.1 Å². The minimum absolute atomic E-state index is 0.0923. The Labute approximate surface area is 138 Å². The van der Waals surface area contributed by atoms with Crippen molar-refractivity contribution < 1.29 is 12.9 Å². The van der Waals surface area contributed by atoms with E-state index in [0.717, 1.165) is 24.0 Å². The van der Waals surface area contributed by atoms with E-state index < -0.39 is 10.0 Å². The molecule has 1 N–H and O–H groups in total. The van der Waals surface area contributed by atoms with Gasteiger partial charge >= 0.3 is 0 Å². The SMILES string of the molecule is Cc1noc(C)c1S(=O)(=O)NCc1nc2cccnc2n1C1CC1. The van der Waals surface area contributed by atoms with E-state index in [1.165, 1.54) is 0 Å². The monoisotopic (exact) mass is 347 g/mol. The van der Waals surface area contributed by atoms with Crippen molar-refractivity contribution in [2.24, 2.45) is 0 Å². The van der Waals surface area contributed by atoms with E-state index in [0.29, 0.717) is 17.6 Å². The minimum Gasteiger partial charge on any atom is -0.360 e. The first kappa shape index (κ1) is 15.3. The van der Waals surface area contributed by atoms with Gasteiger partial charge in [0.1, 0.15) is 21.9 Å². The number of aromatic nitrogens is 4. The molecule has 3 aromatic rings. The summed E-state index contributed by atoms with van der Waals surface area (Å²) in [6, 6.07) is 4.06. The van der Waals surface area contributed by atoms with Crippen LogP contribution in [-0.4, -0.2) is 28.1 Å². The maximum absolute atomic E-state index is 12.6. The third-order valence-corrected chi connectivity index (χ3v) is 5.74. The van der Waals surface area contributed by atoms with Gasteiger partial charge in [-0.05, 0) is 38.8 Å². The molecule has 1 fully saturated rings. The molecule has 0 aliphatic heterocycles. The minimum atomic E-state index is -3.72. The standard InChI is InChI=1S/C15H17N5O3S/c1-9-14(10(2)23-19-9)24(21,22)17-8-13-18-12-4-3-7-16-15(12)20(13)11-5-6-11/h3-4,7,11,17H,5-6,8H2,1-2H3. The van der Waals surface area contributed by atoms with Crippen LogP contribution in [0.5, 0.6) is 0 Å². The number of rotatable bonds is 5. The second-order valence-corrected chi connectivity index (χ2v) is 7.66. The summed E-state index contributed by atoms with van der Waals surface area (Å²) >= 11 is 0. The third-order valence-electron chi connectivity index (χ3n) is 4.09. The first-order chi connectivity index (χ1) is 11.5. The number of sulfonamides is 1. The van der Waals surface area contributed by atoms with Gasteiger partial charge in [-0.3, -0.25) is 0 Å². The Morgan fingerprint density at radius 2 is 2.17 bits per heavy atom. The predicted molar refractivity (Wildman–Crippen MR) is 85.8 cm³/mol. The van der Waals surface area contributed by atoms with E-state index in [1.807, 2.05) is 16.7 Å². The topological polar surface area (TPSA) is 103 Å². The van der Waals surface area contributed by atoms with Crippen molar-refractivity contribution in [1.29, 1.82) is 0 Å². The van der Waals surface area contributed by atoms with Gasteiger partial charge in [-0.15, -0.1) is 0 Å². The summed E-state index contributed by atoms with van der Waals surface area (Å²) in [5, 5.41) is 3.70. The van der Waals surface area contributed by atoms with Crippen LogP contribution < -0.4 is 4.72 Å². The van der Waals surface area contributed by atoms with Crippen LogP contribution in [0.1, 0.15) is 36.2 Å². The summed E-state index contributed by atoms with van der Waals surface area (Å²) in [6.45, 7) is 3.28. The molecule has 1 saturated carbocycles. The lowest BCUT2D eigenvalue weighted by molar-refractivity contribution is 0.390. The van der Waals surface area contributed by atoms with Crippen LogP contribution in [0.4, 0.5) is 0 Å². The maximum atomic E-state index is 12.6. The molecule has 8 nitrogen and oxygen atoms in total. The summed E-state index contributed by atoms with van der Waals surface area (Å²) in [7, 11) is -3.72. The Morgan fingerprint density at radius 1 is 1.38 bits per heavy atom. The fourth-order valence-electron chi connectivity index (χ4n) is 2.91. The second-order valence-electron chi connectivity index (χ2n) is 5.95. The van der Waals surface area contributed by atoms with Crippen LogP contribution in [0.3, 0.4) is 0 Å². The Kier molecular flexibility index (Phi) is 3.43. The molecule has 0 radical (unpaired) electrons. The Bertz CT molecular complexity index is 998. The first-order valence-corrected chi connectivity index (χ1v) is 9.20. The third kappa shape index (κ3) is 2.49. The summed E-state index contributed by atoms with van der Waals surface area (Å²) in [6.07, 6.45) is 3.85. The van der Waals surface area contributed by atoms with Gasteiger partial charge in [0.05, 0.1) is 6.54 Å². The molecule has 0 atom stereocenters. The molecule has 3 heterocycles. The van der Waals surface area contributed by atoms with E-state index >= 15 is 0 Å². The predicted octanol–water partition coefficient (Wildman–Crippen LogP) is 1.85. The Hall–Kier alpha value is -2.26. The number of nitrogens with one attached hydrogen (secondary N) is 1. The number of pyridine rings is 1. The van der Waals surface area contributed by atoms with Gasteiger partial charge in [0.2, 0.25) is 10.0 Å². The van der Waals surface area contributed by atoms with Gasteiger partial charge in [-0.1, -0.05) is 5.16 Å². The van der Waals surface area contributed by atoms with Crippen molar-refractivity contribution in [1.82, 2.24) is 24.4 Å². The van der Waals surface area contributed by atoms with E-state index in [2.05, 4.69) is 19.8 Å². The number of hydrogen-bond acceptors (Lipinski definition) is 6. The quantitative estimate of drug-likeness (QED) is 0.755. The molecule has 1 aliphatic carbocycles. The van der Waals surface area contributed by atoms with E-state index in [9.17, 15) is 8.42 Å². The van der Waals surface area contributed by atoms with Gasteiger partial charge in [0.15, 0.2) is 11.4 Å². The van der Waals surface area contributed by atoms with Crippen LogP contribution in [0.2, 0.25) is 0 Å². The molecule has 0 saturated heterocycles. The van der Waals surface area contributed by atoms with Crippen LogP contribution in [0.15, 0.2) is 27.7 Å². The number of hydrogen-bond donors (Lipinski definition) is 1. The highest BCUT2D eigenvalue weighted by atomic mass is 32.2. The molecule has 0 amide bonds. The van der Waals surface area contributed by atoms with Crippen molar-refractivity contribution in [2.45, 2.75) is 44.2 Å². The van der Waals surface area contributed by atoms with Crippen LogP contribution in [0, 0.1) is 13.8 Å². The fourth-order valence-corrected chi connectivity index (χ4v) is 4.21. The molecular formula is C15H17N5O3S. The number of fused-ring (bicyclic) bond motifs is 1. The van der Waals surface area contributed by atoms with Gasteiger partial charge in [-0.2, -0.15) is 0 Å². The summed E-state index contributed by atoms with van der Waals surface area (Å²) in [5.74, 6) is 0.943. The average Bonchev–Trinajstić information content (AvgIpc) is 3.22. The zero-order chi connectivity index (χ0) is 16.9. The molecule has 0 spiro atoms. The summed E-state index contributed by atoms with van der Waals surface area (Å²) in [5.41, 5.74) is 1.92. The number of nitrogens with zero attached hydrogens (tertiary/aromatic N) is 4. The molecular weight excluding hydrogens is 330 g/mol. The zero-order valence-corrected chi connectivity index (χ0v) is 14.2. The molecule has 4 rings (SSSR count). The second kappa shape index (κ2) is 5.38. The fraction of sp³-hybridized carbons (Fsp3) is 0.400. The molecule has 0 unspecified atom stereocenters. The first-order valence-electron chi connectivity index (χ1n) is 7.72. The average molecular weight is 347 g/mol.